The van der Waals surface area contributed by atoms with E-state index in [1.165, 1.54) is 0 Å². The van der Waals surface area contributed by atoms with Gasteiger partial charge in [-0.15, -0.1) is 0 Å². The molecule has 33 heavy (non-hydrogen) atoms. The Kier molecular flexibility index (Phi) is 5.76. The summed E-state index contributed by atoms with van der Waals surface area (Å²) in [6, 6.07) is 12.9. The van der Waals surface area contributed by atoms with E-state index in [1.807, 2.05) is 29.2 Å². The van der Waals surface area contributed by atoms with Crippen LogP contribution in [0.15, 0.2) is 48.7 Å². The van der Waals surface area contributed by atoms with Crippen molar-refractivity contribution in [1.82, 2.24) is 14.9 Å². The predicted molar refractivity (Wildman–Crippen MR) is 127 cm³/mol. The van der Waals surface area contributed by atoms with Crippen molar-refractivity contribution in [2.75, 3.05) is 49.6 Å². The first-order chi connectivity index (χ1) is 16.0. The number of ether oxygens (including phenoxy) is 1. The van der Waals surface area contributed by atoms with Crippen LogP contribution in [0.2, 0.25) is 5.02 Å². The first-order valence-electron chi connectivity index (χ1n) is 10.9. The number of para-hydroxylation sites is 2. The Labute approximate surface area is 196 Å². The van der Waals surface area contributed by atoms with Crippen molar-refractivity contribution in [1.29, 1.82) is 0 Å². The minimum absolute atomic E-state index is 0.0103. The molecule has 2 saturated heterocycles. The fraction of sp³-hybridized carbons (Fsp3) is 0.333. The molecule has 0 bridgehead atoms. The maximum absolute atomic E-state index is 13.2. The molecular formula is C24H24ClN5O3. The van der Waals surface area contributed by atoms with E-state index in [1.54, 1.807) is 36.4 Å². The van der Waals surface area contributed by atoms with Gasteiger partial charge in [-0.1, -0.05) is 23.7 Å². The zero-order chi connectivity index (χ0) is 22.9. The number of piperazine rings is 1. The molecule has 0 aliphatic carbocycles. The lowest BCUT2D eigenvalue weighted by atomic mass is 10.1. The number of methoxy groups -OCH3 is 1. The molecule has 0 N–H and O–H groups in total. The first-order valence-corrected chi connectivity index (χ1v) is 11.3. The lowest BCUT2D eigenvalue weighted by Crippen LogP contribution is -2.51. The molecule has 2 aliphatic heterocycles. The average molecular weight is 466 g/mol. The highest BCUT2D eigenvalue weighted by atomic mass is 35.5. The predicted octanol–water partition coefficient (Wildman–Crippen LogP) is 2.99. The standard InChI is InChI=1S/C24H24ClN5O3/c1-33-21-7-6-17(25)13-20(21)30-15-16(12-23(30)31)24(32)29-10-8-28(9-11-29)22-14-26-18-4-2-3-5-19(18)27-22/h2-7,13-14,16H,8-12,15H2,1H3. The SMILES string of the molecule is COc1ccc(Cl)cc1N1CC(C(=O)N2CCN(c3cnc4ccccc4n3)CC2)CC1=O. The third-order valence-electron chi connectivity index (χ3n) is 6.26. The topological polar surface area (TPSA) is 78.9 Å². The lowest BCUT2D eigenvalue weighted by molar-refractivity contribution is -0.136. The second-order valence-corrected chi connectivity index (χ2v) is 8.69. The van der Waals surface area contributed by atoms with Crippen molar-refractivity contribution in [2.45, 2.75) is 6.42 Å². The summed E-state index contributed by atoms with van der Waals surface area (Å²) >= 11 is 6.13. The number of hydrogen-bond donors (Lipinski definition) is 0. The van der Waals surface area contributed by atoms with Crippen LogP contribution in [0.3, 0.4) is 0 Å². The number of aromatic nitrogens is 2. The van der Waals surface area contributed by atoms with Gasteiger partial charge in [-0.05, 0) is 30.3 Å². The monoisotopic (exact) mass is 465 g/mol. The minimum atomic E-state index is -0.381. The largest absolute Gasteiger partial charge is 0.495 e. The molecule has 5 rings (SSSR count). The second-order valence-electron chi connectivity index (χ2n) is 8.25. The zero-order valence-electron chi connectivity index (χ0n) is 18.3. The van der Waals surface area contributed by atoms with Gasteiger partial charge >= 0.3 is 0 Å². The van der Waals surface area contributed by atoms with Crippen molar-refractivity contribution in [3.63, 3.8) is 0 Å². The quantitative estimate of drug-likeness (QED) is 0.589. The van der Waals surface area contributed by atoms with Crippen molar-refractivity contribution >= 4 is 46.0 Å². The molecule has 2 aromatic carbocycles. The highest BCUT2D eigenvalue weighted by molar-refractivity contribution is 6.31. The van der Waals surface area contributed by atoms with Crippen LogP contribution in [0.4, 0.5) is 11.5 Å². The van der Waals surface area contributed by atoms with Gasteiger partial charge in [-0.2, -0.15) is 0 Å². The summed E-state index contributed by atoms with van der Waals surface area (Å²) in [5.74, 6) is 0.908. The van der Waals surface area contributed by atoms with Crippen LogP contribution in [-0.2, 0) is 9.59 Å². The van der Waals surface area contributed by atoms with Crippen LogP contribution in [0, 0.1) is 5.92 Å². The summed E-state index contributed by atoms with van der Waals surface area (Å²) < 4.78 is 5.39. The van der Waals surface area contributed by atoms with E-state index in [0.717, 1.165) is 16.9 Å². The number of carbonyl (C=O) groups excluding carboxylic acids is 2. The van der Waals surface area contributed by atoms with E-state index in [4.69, 9.17) is 21.3 Å². The van der Waals surface area contributed by atoms with Crippen molar-refractivity contribution in [3.8, 4) is 5.75 Å². The number of carbonyl (C=O) groups is 2. The second kappa shape index (κ2) is 8.86. The minimum Gasteiger partial charge on any atom is -0.495 e. The van der Waals surface area contributed by atoms with Gasteiger partial charge in [0, 0.05) is 44.2 Å². The van der Waals surface area contributed by atoms with Gasteiger partial charge in [0.2, 0.25) is 11.8 Å². The van der Waals surface area contributed by atoms with E-state index in [-0.39, 0.29) is 24.2 Å². The van der Waals surface area contributed by atoms with Crippen molar-refractivity contribution < 1.29 is 14.3 Å². The Morgan fingerprint density at radius 2 is 1.85 bits per heavy atom. The van der Waals surface area contributed by atoms with Crippen molar-refractivity contribution in [2.24, 2.45) is 5.92 Å². The maximum atomic E-state index is 13.2. The van der Waals surface area contributed by atoms with Crippen LogP contribution in [0.25, 0.3) is 11.0 Å². The molecule has 8 nitrogen and oxygen atoms in total. The molecule has 0 spiro atoms. The van der Waals surface area contributed by atoms with E-state index >= 15 is 0 Å². The Bertz CT molecular complexity index is 1210. The van der Waals surface area contributed by atoms with E-state index < -0.39 is 0 Å². The number of fused-ring (bicyclic) bond motifs is 1. The molecule has 170 valence electrons. The number of amides is 2. The molecule has 2 aliphatic rings. The number of hydrogen-bond acceptors (Lipinski definition) is 6. The fourth-order valence-corrected chi connectivity index (χ4v) is 4.66. The molecule has 1 atom stereocenters. The van der Waals surface area contributed by atoms with Gasteiger partial charge in [-0.3, -0.25) is 14.6 Å². The van der Waals surface area contributed by atoms with Gasteiger partial charge < -0.3 is 19.4 Å². The lowest BCUT2D eigenvalue weighted by Gasteiger charge is -2.36. The maximum Gasteiger partial charge on any atom is 0.228 e. The smallest absolute Gasteiger partial charge is 0.228 e. The van der Waals surface area contributed by atoms with Gasteiger partial charge in [0.1, 0.15) is 11.6 Å². The van der Waals surface area contributed by atoms with Crippen molar-refractivity contribution in [3.05, 3.63) is 53.7 Å². The Morgan fingerprint density at radius 1 is 1.09 bits per heavy atom. The first kappa shape index (κ1) is 21.5. The summed E-state index contributed by atoms with van der Waals surface area (Å²) in [6.07, 6.45) is 1.97. The van der Waals surface area contributed by atoms with Gasteiger partial charge in [0.05, 0.1) is 35.9 Å². The number of halogens is 1. The third kappa shape index (κ3) is 4.18. The summed E-state index contributed by atoms with van der Waals surface area (Å²) in [4.78, 5) is 40.7. The highest BCUT2D eigenvalue weighted by Crippen LogP contribution is 2.35. The molecule has 1 unspecified atom stereocenters. The van der Waals surface area contributed by atoms with Crippen LogP contribution < -0.4 is 14.5 Å². The molecule has 0 radical (unpaired) electrons. The molecule has 0 saturated carbocycles. The van der Waals surface area contributed by atoms with Gasteiger partial charge in [-0.25, -0.2) is 4.98 Å². The summed E-state index contributed by atoms with van der Waals surface area (Å²) in [5.41, 5.74) is 2.32. The Morgan fingerprint density at radius 3 is 2.61 bits per heavy atom. The van der Waals surface area contributed by atoms with Crippen LogP contribution >= 0.6 is 11.6 Å². The van der Waals surface area contributed by atoms with Crippen LogP contribution in [-0.4, -0.2) is 66.5 Å². The average Bonchev–Trinajstić information content (AvgIpc) is 3.24. The van der Waals surface area contributed by atoms with Gasteiger partial charge in [0.25, 0.3) is 0 Å². The number of rotatable bonds is 4. The third-order valence-corrected chi connectivity index (χ3v) is 6.49. The molecule has 2 fully saturated rings. The normalized spacial score (nSPS) is 18.8. The molecule has 9 heteroatoms. The van der Waals surface area contributed by atoms with Crippen LogP contribution in [0.5, 0.6) is 5.75 Å². The van der Waals surface area contributed by atoms with Crippen LogP contribution in [0.1, 0.15) is 6.42 Å². The van der Waals surface area contributed by atoms with E-state index in [9.17, 15) is 9.59 Å². The van der Waals surface area contributed by atoms with Gasteiger partial charge in [0.15, 0.2) is 0 Å². The summed E-state index contributed by atoms with van der Waals surface area (Å²) in [5, 5.41) is 0.515. The molecular weight excluding hydrogens is 442 g/mol. The van der Waals surface area contributed by atoms with E-state index in [2.05, 4.69) is 9.88 Å². The molecule has 3 aromatic rings. The number of anilines is 2. The molecule has 3 heterocycles. The summed E-state index contributed by atoms with van der Waals surface area (Å²) in [6.45, 7) is 2.83. The Balaban J connectivity index is 1.24. The Hall–Kier alpha value is -3.39. The number of benzene rings is 2. The summed E-state index contributed by atoms with van der Waals surface area (Å²) in [7, 11) is 1.55. The fourth-order valence-electron chi connectivity index (χ4n) is 4.49. The van der Waals surface area contributed by atoms with E-state index in [0.29, 0.717) is 49.2 Å². The molecule has 1 aromatic heterocycles. The highest BCUT2D eigenvalue weighted by Gasteiger charge is 2.39. The number of nitrogens with zero attached hydrogens (tertiary/aromatic N) is 5. The molecule has 2 amide bonds. The zero-order valence-corrected chi connectivity index (χ0v) is 19.0.